The molecule has 8 heteroatoms. The molecule has 22 heavy (non-hydrogen) atoms. The van der Waals surface area contributed by atoms with Crippen molar-refractivity contribution in [3.8, 4) is 0 Å². The maximum absolute atomic E-state index is 12.5. The molecule has 0 aromatic carbocycles. The van der Waals surface area contributed by atoms with Crippen molar-refractivity contribution in [1.82, 2.24) is 20.1 Å². The number of nitrogens with zero attached hydrogens (tertiary/aromatic N) is 3. The summed E-state index contributed by atoms with van der Waals surface area (Å²) in [5.41, 5.74) is 0.435. The van der Waals surface area contributed by atoms with Gasteiger partial charge in [0.2, 0.25) is 11.8 Å². The summed E-state index contributed by atoms with van der Waals surface area (Å²) in [6.45, 7) is 3.19. The summed E-state index contributed by atoms with van der Waals surface area (Å²) in [5, 5.41) is 5.29. The van der Waals surface area contributed by atoms with Gasteiger partial charge in [0.15, 0.2) is 0 Å². The van der Waals surface area contributed by atoms with Gasteiger partial charge in [-0.25, -0.2) is 4.98 Å². The lowest BCUT2D eigenvalue weighted by Crippen LogP contribution is -2.66. The van der Waals surface area contributed by atoms with Gasteiger partial charge in [-0.1, -0.05) is 6.92 Å². The van der Waals surface area contributed by atoms with Crippen LogP contribution in [0.5, 0.6) is 0 Å². The maximum Gasteiger partial charge on any atom is 0.273 e. The first-order valence-corrected chi connectivity index (χ1v) is 8.29. The van der Waals surface area contributed by atoms with E-state index < -0.39 is 6.04 Å². The molecule has 3 amide bonds. The van der Waals surface area contributed by atoms with Gasteiger partial charge in [0.05, 0.1) is 18.1 Å². The lowest BCUT2D eigenvalue weighted by atomic mass is 10.1. The molecule has 2 aliphatic heterocycles. The van der Waals surface area contributed by atoms with Gasteiger partial charge < -0.3 is 15.1 Å². The summed E-state index contributed by atoms with van der Waals surface area (Å²) in [5.74, 6) is -0.443. The molecule has 2 fully saturated rings. The molecule has 0 aliphatic carbocycles. The first-order valence-electron chi connectivity index (χ1n) is 7.41. The molecule has 0 bridgehead atoms. The first kappa shape index (κ1) is 15.0. The fraction of sp³-hybridized carbons (Fsp3) is 0.571. The van der Waals surface area contributed by atoms with Crippen molar-refractivity contribution in [3.05, 3.63) is 16.1 Å². The van der Waals surface area contributed by atoms with Gasteiger partial charge in [-0.05, 0) is 12.8 Å². The molecule has 3 heterocycles. The molecule has 2 aliphatic rings. The van der Waals surface area contributed by atoms with Crippen molar-refractivity contribution >= 4 is 29.1 Å². The van der Waals surface area contributed by atoms with E-state index in [-0.39, 0.29) is 30.8 Å². The third-order valence-electron chi connectivity index (χ3n) is 3.94. The molecule has 3 rings (SSSR count). The largest absolute Gasteiger partial charge is 0.345 e. The van der Waals surface area contributed by atoms with Crippen LogP contribution < -0.4 is 5.32 Å². The first-order chi connectivity index (χ1) is 10.6. The molecule has 0 saturated carbocycles. The van der Waals surface area contributed by atoms with Crippen molar-refractivity contribution in [2.75, 3.05) is 26.2 Å². The number of fused-ring (bicyclic) bond motifs is 1. The van der Waals surface area contributed by atoms with Gasteiger partial charge in [-0.2, -0.15) is 0 Å². The van der Waals surface area contributed by atoms with Crippen LogP contribution in [0.1, 0.15) is 28.8 Å². The molecular formula is C14H18N4O3S. The van der Waals surface area contributed by atoms with Crippen LogP contribution in [-0.4, -0.2) is 64.7 Å². The highest BCUT2D eigenvalue weighted by Crippen LogP contribution is 2.18. The lowest BCUT2D eigenvalue weighted by molar-refractivity contribution is -0.148. The van der Waals surface area contributed by atoms with E-state index in [1.165, 1.54) is 11.3 Å². The Balaban J connectivity index is 1.71. The fourth-order valence-electron chi connectivity index (χ4n) is 2.77. The zero-order valence-corrected chi connectivity index (χ0v) is 13.2. The molecule has 118 valence electrons. The average Bonchev–Trinajstić information content (AvgIpc) is 2.99. The van der Waals surface area contributed by atoms with Crippen molar-refractivity contribution in [1.29, 1.82) is 0 Å². The maximum atomic E-state index is 12.5. The van der Waals surface area contributed by atoms with Crippen LogP contribution in [0.15, 0.2) is 5.38 Å². The molecule has 1 N–H and O–H groups in total. The Morgan fingerprint density at radius 3 is 3.05 bits per heavy atom. The Morgan fingerprint density at radius 1 is 1.45 bits per heavy atom. The summed E-state index contributed by atoms with van der Waals surface area (Å²) in [4.78, 5) is 43.8. The molecule has 1 aromatic rings. The Hall–Kier alpha value is -1.96. The Kier molecular flexibility index (Phi) is 4.10. The smallest absolute Gasteiger partial charge is 0.273 e. The monoisotopic (exact) mass is 322 g/mol. The highest BCUT2D eigenvalue weighted by molar-refractivity contribution is 7.09. The number of piperazine rings is 2. The zero-order chi connectivity index (χ0) is 15.7. The van der Waals surface area contributed by atoms with Crippen LogP contribution in [0.25, 0.3) is 0 Å². The van der Waals surface area contributed by atoms with E-state index in [0.29, 0.717) is 18.8 Å². The van der Waals surface area contributed by atoms with Crippen LogP contribution in [0, 0.1) is 0 Å². The minimum Gasteiger partial charge on any atom is -0.345 e. The van der Waals surface area contributed by atoms with Gasteiger partial charge in [0, 0.05) is 18.5 Å². The molecule has 0 radical (unpaired) electrons. The summed E-state index contributed by atoms with van der Waals surface area (Å²) in [7, 11) is 0. The van der Waals surface area contributed by atoms with Gasteiger partial charge in [0.1, 0.15) is 11.7 Å². The van der Waals surface area contributed by atoms with Gasteiger partial charge in [-0.15, -0.1) is 11.3 Å². The number of aromatic nitrogens is 1. The number of aryl methyl sites for hydroxylation is 1. The van der Waals surface area contributed by atoms with E-state index in [1.54, 1.807) is 15.2 Å². The molecular weight excluding hydrogens is 304 g/mol. The van der Waals surface area contributed by atoms with Crippen molar-refractivity contribution in [3.63, 3.8) is 0 Å². The number of hydrogen-bond acceptors (Lipinski definition) is 5. The minimum absolute atomic E-state index is 0.0513. The van der Waals surface area contributed by atoms with E-state index in [4.69, 9.17) is 0 Å². The molecule has 7 nitrogen and oxygen atoms in total. The molecule has 1 aromatic heterocycles. The van der Waals surface area contributed by atoms with Crippen LogP contribution >= 0.6 is 11.3 Å². The Morgan fingerprint density at radius 2 is 2.27 bits per heavy atom. The summed E-state index contributed by atoms with van der Waals surface area (Å²) >= 11 is 1.49. The normalized spacial score (nSPS) is 21.6. The second-order valence-corrected chi connectivity index (χ2v) is 6.39. The van der Waals surface area contributed by atoms with Crippen molar-refractivity contribution < 1.29 is 14.4 Å². The fourth-order valence-corrected chi connectivity index (χ4v) is 3.65. The van der Waals surface area contributed by atoms with Gasteiger partial charge in [-0.3, -0.25) is 14.4 Å². The number of hydrogen-bond donors (Lipinski definition) is 1. The van der Waals surface area contributed by atoms with Crippen molar-refractivity contribution in [2.24, 2.45) is 0 Å². The number of carbonyl (C=O) groups is 3. The van der Waals surface area contributed by atoms with Crippen LogP contribution in [0.2, 0.25) is 0 Å². The molecule has 0 unspecified atom stereocenters. The van der Waals surface area contributed by atoms with Gasteiger partial charge >= 0.3 is 0 Å². The van der Waals surface area contributed by atoms with Crippen molar-refractivity contribution in [2.45, 2.75) is 25.8 Å². The lowest BCUT2D eigenvalue weighted by Gasteiger charge is -2.42. The van der Waals surface area contributed by atoms with E-state index >= 15 is 0 Å². The number of thiazole rings is 1. The third kappa shape index (κ3) is 2.70. The van der Waals surface area contributed by atoms with Crippen LogP contribution in [0.4, 0.5) is 0 Å². The Labute approximate surface area is 132 Å². The summed E-state index contributed by atoms with van der Waals surface area (Å²) < 4.78 is 0. The highest BCUT2D eigenvalue weighted by atomic mass is 32.1. The average molecular weight is 322 g/mol. The second kappa shape index (κ2) is 6.04. The standard InChI is InChI=1S/C14H18N4O3S/c1-2-3-11-16-9(8-22-11)14(21)17-4-5-18-10(7-17)13(20)15-6-12(18)19/h8,10H,2-7H2,1H3,(H,15,20)/t10-/m0/s1. The summed E-state index contributed by atoms with van der Waals surface area (Å²) in [6, 6.07) is -0.576. The molecule has 1 atom stereocenters. The highest BCUT2D eigenvalue weighted by Gasteiger charge is 2.40. The van der Waals surface area contributed by atoms with E-state index in [2.05, 4.69) is 17.2 Å². The van der Waals surface area contributed by atoms with Crippen LogP contribution in [-0.2, 0) is 16.0 Å². The quantitative estimate of drug-likeness (QED) is 0.841. The van der Waals surface area contributed by atoms with E-state index in [9.17, 15) is 14.4 Å². The minimum atomic E-state index is -0.576. The SMILES string of the molecule is CCCc1nc(C(=O)N2CCN3C(=O)CNC(=O)[C@@H]3C2)cs1. The molecule has 2 saturated heterocycles. The molecule has 0 spiro atoms. The third-order valence-corrected chi connectivity index (χ3v) is 4.85. The predicted molar refractivity (Wildman–Crippen MR) is 80.5 cm³/mol. The number of nitrogens with one attached hydrogen (secondary N) is 1. The zero-order valence-electron chi connectivity index (χ0n) is 12.4. The number of amides is 3. The Bertz CT molecular complexity index is 615. The number of carbonyl (C=O) groups excluding carboxylic acids is 3. The summed E-state index contributed by atoms with van der Waals surface area (Å²) in [6.07, 6.45) is 1.86. The van der Waals surface area contributed by atoms with Crippen LogP contribution in [0.3, 0.4) is 0 Å². The predicted octanol–water partition coefficient (Wildman–Crippen LogP) is -0.122. The number of rotatable bonds is 3. The topological polar surface area (TPSA) is 82.6 Å². The van der Waals surface area contributed by atoms with E-state index in [1.807, 2.05) is 0 Å². The van der Waals surface area contributed by atoms with E-state index in [0.717, 1.165) is 17.8 Å². The second-order valence-electron chi connectivity index (χ2n) is 5.45. The van der Waals surface area contributed by atoms with Gasteiger partial charge in [0.25, 0.3) is 5.91 Å².